The second-order valence-corrected chi connectivity index (χ2v) is 8.01. The minimum Gasteiger partial charge on any atom is -0.463 e. The molecule has 0 radical (unpaired) electrons. The number of hydrogen-bond donors (Lipinski definition) is 1. The lowest BCUT2D eigenvalue weighted by atomic mass is 9.82. The molecule has 0 spiro atoms. The molecular weight excluding hydrogens is 426 g/mol. The molecule has 31 heavy (non-hydrogen) atoms. The van der Waals surface area contributed by atoms with Crippen LogP contribution in [0.15, 0.2) is 46.3 Å². The van der Waals surface area contributed by atoms with Gasteiger partial charge in [0, 0.05) is 12.1 Å². The number of nitro benzene ring substituents is 1. The number of nitro groups is 1. The topological polar surface area (TPSA) is 142 Å². The van der Waals surface area contributed by atoms with Crippen LogP contribution in [0.2, 0.25) is 0 Å². The molecule has 2 aliphatic heterocycles. The van der Waals surface area contributed by atoms with Crippen molar-refractivity contribution >= 4 is 35.3 Å². The summed E-state index contributed by atoms with van der Waals surface area (Å²) in [6.07, 6.45) is 0. The van der Waals surface area contributed by atoms with Gasteiger partial charge < -0.3 is 15.2 Å². The Morgan fingerprint density at radius 2 is 1.81 bits per heavy atom. The third-order valence-electron chi connectivity index (χ3n) is 4.79. The van der Waals surface area contributed by atoms with E-state index < -0.39 is 33.9 Å². The van der Waals surface area contributed by atoms with E-state index >= 15 is 0 Å². The Balaban J connectivity index is 2.32. The fourth-order valence-electron chi connectivity index (χ4n) is 3.50. The van der Waals surface area contributed by atoms with E-state index in [-0.39, 0.29) is 46.5 Å². The molecule has 0 aliphatic carbocycles. The molecule has 0 saturated carbocycles. The predicted octanol–water partition coefficient (Wildman–Crippen LogP) is 2.16. The third-order valence-corrected chi connectivity index (χ3v) is 5.97. The smallest absolute Gasteiger partial charge is 0.338 e. The minimum atomic E-state index is -1.10. The van der Waals surface area contributed by atoms with Gasteiger partial charge in [-0.05, 0) is 26.3 Å². The summed E-state index contributed by atoms with van der Waals surface area (Å²) in [6, 6.07) is 5.55. The van der Waals surface area contributed by atoms with Crippen molar-refractivity contribution in [2.24, 2.45) is 5.73 Å². The lowest BCUT2D eigenvalue weighted by molar-refractivity contribution is -0.384. The first-order chi connectivity index (χ1) is 14.7. The van der Waals surface area contributed by atoms with Gasteiger partial charge in [0.2, 0.25) is 5.91 Å². The number of esters is 2. The fourth-order valence-corrected chi connectivity index (χ4v) is 4.66. The molecule has 0 unspecified atom stereocenters. The zero-order valence-corrected chi connectivity index (χ0v) is 17.9. The first-order valence-electron chi connectivity index (χ1n) is 9.55. The summed E-state index contributed by atoms with van der Waals surface area (Å²) in [5, 5.41) is 11.0. The first-order valence-corrected chi connectivity index (χ1v) is 10.4. The number of rotatable bonds is 6. The van der Waals surface area contributed by atoms with Gasteiger partial charge in [-0.2, -0.15) is 0 Å². The maximum absolute atomic E-state index is 13.0. The molecular formula is C20H21N3O7S. The van der Waals surface area contributed by atoms with Crippen molar-refractivity contribution in [3.63, 3.8) is 0 Å². The van der Waals surface area contributed by atoms with E-state index in [1.165, 1.54) is 18.2 Å². The van der Waals surface area contributed by atoms with E-state index in [0.717, 1.165) is 16.7 Å². The number of thioether (sulfide) groups is 1. The fraction of sp³-hybridized carbons (Fsp3) is 0.350. The van der Waals surface area contributed by atoms with Gasteiger partial charge in [-0.15, -0.1) is 0 Å². The average Bonchev–Trinajstić information content (AvgIpc) is 3.02. The molecule has 1 saturated heterocycles. The van der Waals surface area contributed by atoms with Crippen molar-refractivity contribution in [3.05, 3.63) is 61.9 Å². The monoisotopic (exact) mass is 447 g/mol. The number of ether oxygens (including phenoxy) is 2. The summed E-state index contributed by atoms with van der Waals surface area (Å²) in [7, 11) is 0. The van der Waals surface area contributed by atoms with Crippen LogP contribution in [0.1, 0.15) is 32.3 Å². The van der Waals surface area contributed by atoms with Crippen molar-refractivity contribution in [3.8, 4) is 0 Å². The quantitative estimate of drug-likeness (QED) is 0.394. The van der Waals surface area contributed by atoms with Crippen LogP contribution in [0.25, 0.3) is 0 Å². The van der Waals surface area contributed by atoms with Crippen LogP contribution in [-0.4, -0.2) is 46.1 Å². The van der Waals surface area contributed by atoms with Crippen LogP contribution in [0.3, 0.4) is 0 Å². The van der Waals surface area contributed by atoms with Crippen molar-refractivity contribution in [2.75, 3.05) is 13.2 Å². The minimum absolute atomic E-state index is 0.0160. The van der Waals surface area contributed by atoms with Gasteiger partial charge >= 0.3 is 11.9 Å². The Morgan fingerprint density at radius 1 is 1.19 bits per heavy atom. The van der Waals surface area contributed by atoms with Crippen LogP contribution in [-0.2, 0) is 23.9 Å². The van der Waals surface area contributed by atoms with Gasteiger partial charge in [0.25, 0.3) is 5.69 Å². The molecule has 11 heteroatoms. The number of nitrogens with zero attached hydrogens (tertiary/aromatic N) is 2. The molecule has 2 heterocycles. The Hall–Kier alpha value is -3.34. The largest absolute Gasteiger partial charge is 0.463 e. The van der Waals surface area contributed by atoms with Crippen molar-refractivity contribution in [2.45, 2.75) is 31.9 Å². The number of carbonyl (C=O) groups excluding carboxylic acids is 3. The molecule has 1 aromatic carbocycles. The summed E-state index contributed by atoms with van der Waals surface area (Å²) >= 11 is 1.11. The van der Waals surface area contributed by atoms with Crippen LogP contribution in [0.4, 0.5) is 5.69 Å². The molecule has 0 aromatic heterocycles. The molecule has 2 atom stereocenters. The molecule has 2 aliphatic rings. The summed E-state index contributed by atoms with van der Waals surface area (Å²) in [5.41, 5.74) is 6.19. The van der Waals surface area contributed by atoms with Gasteiger partial charge in [0.05, 0.1) is 45.5 Å². The van der Waals surface area contributed by atoms with E-state index in [1.54, 1.807) is 26.8 Å². The maximum atomic E-state index is 13.0. The number of hydrogen-bond acceptors (Lipinski definition) is 9. The molecule has 2 N–H and O–H groups in total. The molecule has 0 bridgehead atoms. The average molecular weight is 447 g/mol. The van der Waals surface area contributed by atoms with Gasteiger partial charge in [-0.25, -0.2) is 9.59 Å². The predicted molar refractivity (Wildman–Crippen MR) is 111 cm³/mol. The standard InChI is InChI=1S/C20H21N3O7S/c1-4-29-19(25)14-13(11-7-6-8-12(9-11)23(27)28)15(20(26)30-5-2)18-22(16(14)21)17(24)10(3)31-18/h6-10,13H,4-5,21H2,1-3H3/t10-,13+/m1/s1. The van der Waals surface area contributed by atoms with E-state index in [9.17, 15) is 24.5 Å². The number of nitrogens with two attached hydrogens (primary N) is 1. The summed E-state index contributed by atoms with van der Waals surface area (Å²) < 4.78 is 10.4. The highest BCUT2D eigenvalue weighted by Gasteiger charge is 2.49. The lowest BCUT2D eigenvalue weighted by Crippen LogP contribution is -2.40. The summed E-state index contributed by atoms with van der Waals surface area (Å²) in [6.45, 7) is 4.96. The Labute approximate surface area is 182 Å². The number of amides is 1. The zero-order valence-electron chi connectivity index (χ0n) is 17.1. The number of fused-ring (bicyclic) bond motifs is 1. The van der Waals surface area contributed by atoms with E-state index in [0.29, 0.717) is 0 Å². The number of benzene rings is 1. The highest BCUT2D eigenvalue weighted by atomic mass is 32.2. The van der Waals surface area contributed by atoms with Gasteiger partial charge in [-0.1, -0.05) is 23.9 Å². The highest BCUT2D eigenvalue weighted by molar-refractivity contribution is 8.04. The van der Waals surface area contributed by atoms with Crippen LogP contribution in [0.5, 0.6) is 0 Å². The SMILES string of the molecule is CCOC(=O)C1=C(N)N2C(=O)[C@@H](C)SC2=C(C(=O)OCC)[C@H]1c1cccc([N+](=O)[O-])c1. The molecule has 164 valence electrons. The molecule has 3 rings (SSSR count). The Morgan fingerprint density at radius 3 is 2.39 bits per heavy atom. The van der Waals surface area contributed by atoms with Crippen LogP contribution in [0, 0.1) is 10.1 Å². The van der Waals surface area contributed by atoms with Gasteiger partial charge in [0.1, 0.15) is 5.82 Å². The van der Waals surface area contributed by atoms with Gasteiger partial charge in [-0.3, -0.25) is 19.8 Å². The van der Waals surface area contributed by atoms with E-state index in [4.69, 9.17) is 15.2 Å². The molecule has 1 fully saturated rings. The van der Waals surface area contributed by atoms with Crippen molar-refractivity contribution in [1.82, 2.24) is 4.90 Å². The summed E-state index contributed by atoms with van der Waals surface area (Å²) in [4.78, 5) is 50.5. The third kappa shape index (κ3) is 3.88. The second-order valence-electron chi connectivity index (χ2n) is 6.68. The summed E-state index contributed by atoms with van der Waals surface area (Å²) in [5.74, 6) is -3.23. The van der Waals surface area contributed by atoms with Crippen molar-refractivity contribution < 1.29 is 28.8 Å². The molecule has 10 nitrogen and oxygen atoms in total. The first kappa shape index (κ1) is 22.3. The van der Waals surface area contributed by atoms with Crippen molar-refractivity contribution in [1.29, 1.82) is 0 Å². The Kier molecular flexibility index (Phi) is 6.34. The van der Waals surface area contributed by atoms with E-state index in [2.05, 4.69) is 0 Å². The lowest BCUT2D eigenvalue weighted by Gasteiger charge is -2.33. The van der Waals surface area contributed by atoms with Gasteiger partial charge in [0.15, 0.2) is 0 Å². The zero-order chi connectivity index (χ0) is 22.9. The number of carbonyl (C=O) groups is 3. The molecule has 1 aromatic rings. The molecule has 1 amide bonds. The Bertz CT molecular complexity index is 1030. The number of non-ortho nitro benzene ring substituents is 1. The second kappa shape index (κ2) is 8.80. The maximum Gasteiger partial charge on any atom is 0.338 e. The van der Waals surface area contributed by atoms with Crippen LogP contribution >= 0.6 is 11.8 Å². The van der Waals surface area contributed by atoms with E-state index in [1.807, 2.05) is 0 Å². The normalized spacial score (nSPS) is 20.6. The highest BCUT2D eigenvalue weighted by Crippen LogP contribution is 2.50. The van der Waals surface area contributed by atoms with Crippen LogP contribution < -0.4 is 5.73 Å².